The number of carbonyl (C=O) groups is 2. The van der Waals surface area contributed by atoms with Gasteiger partial charge in [0, 0.05) is 17.1 Å². The van der Waals surface area contributed by atoms with E-state index in [0.29, 0.717) is 22.1 Å². The third-order valence-corrected chi connectivity index (χ3v) is 6.50. The summed E-state index contributed by atoms with van der Waals surface area (Å²) in [6.45, 7) is 1.49. The van der Waals surface area contributed by atoms with Gasteiger partial charge in [0.1, 0.15) is 17.3 Å². The van der Waals surface area contributed by atoms with E-state index in [4.69, 9.17) is 21.3 Å². The third kappa shape index (κ3) is 4.37. The Morgan fingerprint density at radius 2 is 1.97 bits per heavy atom. The number of nitrogens with zero attached hydrogens (tertiary/aromatic N) is 3. The molecule has 4 aromatic rings. The van der Waals surface area contributed by atoms with Gasteiger partial charge >= 0.3 is 0 Å². The third-order valence-electron chi connectivity index (χ3n) is 5.30. The van der Waals surface area contributed by atoms with E-state index in [2.05, 4.69) is 10.3 Å². The maximum atomic E-state index is 13.0. The van der Waals surface area contributed by atoms with Crippen molar-refractivity contribution in [3.05, 3.63) is 77.3 Å². The molecule has 0 fully saturated rings. The molecule has 0 radical (unpaired) electrons. The van der Waals surface area contributed by atoms with E-state index in [1.165, 1.54) is 16.2 Å². The van der Waals surface area contributed by atoms with Crippen LogP contribution in [0.3, 0.4) is 0 Å². The molecule has 34 heavy (non-hydrogen) atoms. The van der Waals surface area contributed by atoms with Gasteiger partial charge < -0.3 is 10.1 Å². The highest BCUT2D eigenvalue weighted by Crippen LogP contribution is 2.38. The summed E-state index contributed by atoms with van der Waals surface area (Å²) in [5, 5.41) is 5.93. The van der Waals surface area contributed by atoms with Crippen molar-refractivity contribution in [2.45, 2.75) is 13.0 Å². The minimum atomic E-state index is -0.707. The number of fused-ring (bicyclic) bond motifs is 1. The summed E-state index contributed by atoms with van der Waals surface area (Å²) in [5.41, 5.74) is 3.35. The van der Waals surface area contributed by atoms with Gasteiger partial charge in [-0.1, -0.05) is 29.8 Å². The molecule has 0 saturated heterocycles. The lowest BCUT2D eigenvalue weighted by Gasteiger charge is -2.32. The minimum absolute atomic E-state index is 0.176. The fraction of sp³-hybridized carbons (Fsp3) is 0.120. The Hall–Kier alpha value is -3.75. The molecule has 3 heterocycles. The van der Waals surface area contributed by atoms with Crippen LogP contribution in [0, 0.1) is 0 Å². The molecule has 0 bridgehead atoms. The first-order valence-electron chi connectivity index (χ1n) is 10.5. The normalized spacial score (nSPS) is 14.9. The van der Waals surface area contributed by atoms with Crippen LogP contribution in [0.15, 0.2) is 72.2 Å². The summed E-state index contributed by atoms with van der Waals surface area (Å²) in [4.78, 5) is 36.2. The fourth-order valence-electron chi connectivity index (χ4n) is 3.64. The van der Waals surface area contributed by atoms with Crippen LogP contribution < -0.4 is 15.0 Å². The van der Waals surface area contributed by atoms with Crippen molar-refractivity contribution in [1.82, 2.24) is 9.97 Å². The summed E-state index contributed by atoms with van der Waals surface area (Å²) in [6, 6.07) is 18.1. The first-order valence-corrected chi connectivity index (χ1v) is 11.8. The molecule has 170 valence electrons. The standard InChI is InChI=1S/C25H19ClN4O3S/c1-15-25(32)30(13-23(31)28-18-7-3-2-6-17(18)26)21-12-16(9-10-22(21)33-15)20-14-34-24(29-20)19-8-4-5-11-27-19/h2-12,14-15H,13H2,1H3,(H,28,31). The van der Waals surface area contributed by atoms with Crippen LogP contribution in [0.5, 0.6) is 5.75 Å². The Kier molecular flexibility index (Phi) is 6.00. The van der Waals surface area contributed by atoms with E-state index in [9.17, 15) is 9.59 Å². The molecule has 1 unspecified atom stereocenters. The van der Waals surface area contributed by atoms with Crippen LogP contribution in [0.2, 0.25) is 5.02 Å². The van der Waals surface area contributed by atoms with Crippen molar-refractivity contribution in [2.75, 3.05) is 16.8 Å². The largest absolute Gasteiger partial charge is 0.479 e. The van der Waals surface area contributed by atoms with Crippen LogP contribution in [-0.4, -0.2) is 34.4 Å². The number of anilines is 2. The Morgan fingerprint density at radius 1 is 1.15 bits per heavy atom. The zero-order valence-corrected chi connectivity index (χ0v) is 19.6. The van der Waals surface area contributed by atoms with Crippen LogP contribution in [0.1, 0.15) is 6.92 Å². The van der Waals surface area contributed by atoms with Crippen LogP contribution >= 0.6 is 22.9 Å². The Bertz CT molecular complexity index is 1380. The molecule has 5 rings (SSSR count). The van der Waals surface area contributed by atoms with Gasteiger partial charge in [0.2, 0.25) is 5.91 Å². The molecule has 0 spiro atoms. The number of hydrogen-bond acceptors (Lipinski definition) is 6. The number of hydrogen-bond donors (Lipinski definition) is 1. The smallest absolute Gasteiger partial charge is 0.268 e. The van der Waals surface area contributed by atoms with E-state index in [1.807, 2.05) is 35.7 Å². The van der Waals surface area contributed by atoms with Crippen molar-refractivity contribution in [1.29, 1.82) is 0 Å². The maximum absolute atomic E-state index is 13.0. The molecule has 7 nitrogen and oxygen atoms in total. The Balaban J connectivity index is 1.44. The summed E-state index contributed by atoms with van der Waals surface area (Å²) < 4.78 is 5.79. The van der Waals surface area contributed by atoms with Gasteiger partial charge in [-0.15, -0.1) is 11.3 Å². The highest BCUT2D eigenvalue weighted by atomic mass is 35.5. The number of benzene rings is 2. The van der Waals surface area contributed by atoms with E-state index in [0.717, 1.165) is 22.0 Å². The molecule has 0 saturated carbocycles. The summed E-state index contributed by atoms with van der Waals surface area (Å²) in [5.74, 6) is -0.133. The predicted molar refractivity (Wildman–Crippen MR) is 133 cm³/mol. The molecule has 2 aromatic heterocycles. The molecule has 1 aliphatic rings. The monoisotopic (exact) mass is 490 g/mol. The molecule has 9 heteroatoms. The molecule has 1 atom stereocenters. The Labute approximate surface area is 205 Å². The molecule has 0 aliphatic carbocycles. The number of pyridine rings is 1. The van der Waals surface area contributed by atoms with Crippen LogP contribution in [0.4, 0.5) is 11.4 Å². The maximum Gasteiger partial charge on any atom is 0.268 e. The second-order valence-corrected chi connectivity index (χ2v) is 8.91. The number of para-hydroxylation sites is 1. The first-order chi connectivity index (χ1) is 16.5. The number of nitrogens with one attached hydrogen (secondary N) is 1. The number of carbonyl (C=O) groups excluding carboxylic acids is 2. The molecule has 1 aliphatic heterocycles. The van der Waals surface area contributed by atoms with Crippen molar-refractivity contribution in [3.8, 4) is 27.7 Å². The average Bonchev–Trinajstić information content (AvgIpc) is 3.34. The first kappa shape index (κ1) is 22.1. The Morgan fingerprint density at radius 3 is 2.76 bits per heavy atom. The van der Waals surface area contributed by atoms with E-state index >= 15 is 0 Å². The number of halogens is 1. The van der Waals surface area contributed by atoms with E-state index in [-0.39, 0.29) is 18.4 Å². The predicted octanol–water partition coefficient (Wildman–Crippen LogP) is 5.28. The second-order valence-electron chi connectivity index (χ2n) is 7.65. The summed E-state index contributed by atoms with van der Waals surface area (Å²) in [7, 11) is 0. The number of amides is 2. The fourth-order valence-corrected chi connectivity index (χ4v) is 4.63. The van der Waals surface area contributed by atoms with E-state index in [1.54, 1.807) is 43.5 Å². The van der Waals surface area contributed by atoms with Gasteiger partial charge in [-0.2, -0.15) is 0 Å². The quantitative estimate of drug-likeness (QED) is 0.411. The van der Waals surface area contributed by atoms with Crippen molar-refractivity contribution >= 4 is 46.1 Å². The summed E-state index contributed by atoms with van der Waals surface area (Å²) >= 11 is 7.64. The van der Waals surface area contributed by atoms with Crippen LogP contribution in [-0.2, 0) is 9.59 Å². The lowest BCUT2D eigenvalue weighted by Crippen LogP contribution is -2.47. The zero-order chi connectivity index (χ0) is 23.7. The van der Waals surface area contributed by atoms with Gasteiger partial charge in [0.15, 0.2) is 6.10 Å². The molecule has 2 amide bonds. The highest BCUT2D eigenvalue weighted by Gasteiger charge is 2.33. The van der Waals surface area contributed by atoms with Crippen LogP contribution in [0.25, 0.3) is 22.0 Å². The van der Waals surface area contributed by atoms with Crippen molar-refractivity contribution in [3.63, 3.8) is 0 Å². The van der Waals surface area contributed by atoms with Crippen molar-refractivity contribution in [2.24, 2.45) is 0 Å². The van der Waals surface area contributed by atoms with Gasteiger partial charge in [-0.3, -0.25) is 19.5 Å². The average molecular weight is 491 g/mol. The van der Waals surface area contributed by atoms with Crippen molar-refractivity contribution < 1.29 is 14.3 Å². The lowest BCUT2D eigenvalue weighted by atomic mass is 10.1. The number of aromatic nitrogens is 2. The molecular formula is C25H19ClN4O3S. The van der Waals surface area contributed by atoms with Gasteiger partial charge in [-0.25, -0.2) is 4.98 Å². The number of rotatable bonds is 5. The van der Waals surface area contributed by atoms with Gasteiger partial charge in [0.05, 0.1) is 27.8 Å². The second kappa shape index (κ2) is 9.24. The molecule has 2 aromatic carbocycles. The topological polar surface area (TPSA) is 84.4 Å². The number of thiazole rings is 1. The SMILES string of the molecule is CC1Oc2ccc(-c3csc(-c4ccccn4)n3)cc2N(CC(=O)Nc2ccccc2Cl)C1=O. The highest BCUT2D eigenvalue weighted by molar-refractivity contribution is 7.13. The molecular weight excluding hydrogens is 472 g/mol. The molecule has 1 N–H and O–H groups in total. The summed E-state index contributed by atoms with van der Waals surface area (Å²) in [6.07, 6.45) is 1.02. The number of ether oxygens (including phenoxy) is 1. The minimum Gasteiger partial charge on any atom is -0.479 e. The van der Waals surface area contributed by atoms with Gasteiger partial charge in [-0.05, 0) is 49.4 Å². The van der Waals surface area contributed by atoms with E-state index < -0.39 is 6.10 Å². The zero-order valence-electron chi connectivity index (χ0n) is 18.1. The van der Waals surface area contributed by atoms with Gasteiger partial charge in [0.25, 0.3) is 5.91 Å². The lowest BCUT2D eigenvalue weighted by molar-refractivity contribution is -0.127.